The molecule has 2 N–H and O–H groups in total. The number of carboxylic acid groups (broad SMARTS) is 1. The highest BCUT2D eigenvalue weighted by Crippen LogP contribution is 2.10. The molecule has 0 radical (unpaired) electrons. The predicted molar refractivity (Wildman–Crippen MR) is 84.8 cm³/mol. The minimum atomic E-state index is -1.15. The Morgan fingerprint density at radius 1 is 1.27 bits per heavy atom. The van der Waals surface area contributed by atoms with Gasteiger partial charge >= 0.3 is 5.97 Å². The lowest BCUT2D eigenvalue weighted by Crippen LogP contribution is -2.28. The van der Waals surface area contributed by atoms with Gasteiger partial charge in [-0.25, -0.2) is 4.98 Å². The Morgan fingerprint density at radius 3 is 2.59 bits per heavy atom. The molecule has 8 heteroatoms. The van der Waals surface area contributed by atoms with E-state index in [0.717, 1.165) is 10.1 Å². The Labute approximate surface area is 136 Å². The van der Waals surface area contributed by atoms with Crippen LogP contribution in [0.15, 0.2) is 35.3 Å². The number of carboxylic acids is 1. The van der Waals surface area contributed by atoms with E-state index in [9.17, 15) is 9.59 Å². The van der Waals surface area contributed by atoms with Crippen molar-refractivity contribution in [3.8, 4) is 0 Å². The van der Waals surface area contributed by atoms with E-state index in [1.807, 2.05) is 12.1 Å². The van der Waals surface area contributed by atoms with Crippen molar-refractivity contribution in [2.75, 3.05) is 11.9 Å². The van der Waals surface area contributed by atoms with Gasteiger partial charge in [0.25, 0.3) is 5.56 Å². The molecule has 1 aromatic heterocycles. The number of halogens is 2. The molecule has 0 bridgehead atoms. The summed E-state index contributed by atoms with van der Waals surface area (Å²) in [6, 6.07) is 7.36. The molecule has 0 atom stereocenters. The minimum Gasteiger partial charge on any atom is -0.480 e. The second kappa shape index (κ2) is 7.29. The first-order valence-electron chi connectivity index (χ1n) is 6.43. The van der Waals surface area contributed by atoms with Crippen LogP contribution in [0.1, 0.15) is 5.56 Å². The number of carbonyl (C=O) groups is 1. The predicted octanol–water partition coefficient (Wildman–Crippen LogP) is 2.29. The normalized spacial score (nSPS) is 10.5. The van der Waals surface area contributed by atoms with E-state index in [-0.39, 0.29) is 11.0 Å². The fourth-order valence-electron chi connectivity index (χ4n) is 1.85. The Kier molecular flexibility index (Phi) is 5.41. The summed E-state index contributed by atoms with van der Waals surface area (Å²) in [7, 11) is 0. The second-order valence-corrected chi connectivity index (χ2v) is 5.34. The van der Waals surface area contributed by atoms with E-state index in [4.69, 9.17) is 28.3 Å². The van der Waals surface area contributed by atoms with Crippen LogP contribution < -0.4 is 10.9 Å². The zero-order valence-electron chi connectivity index (χ0n) is 11.4. The lowest BCUT2D eigenvalue weighted by molar-refractivity contribution is -0.137. The molecule has 22 heavy (non-hydrogen) atoms. The molecule has 0 unspecified atom stereocenters. The Bertz CT molecular complexity index is 729. The molecule has 6 nitrogen and oxygen atoms in total. The van der Waals surface area contributed by atoms with Gasteiger partial charge in [0.1, 0.15) is 11.7 Å². The SMILES string of the molecule is O=C(O)Cn1c(Cl)cnc(NCCc2ccc(Cl)cc2)c1=O. The molecule has 0 aliphatic rings. The van der Waals surface area contributed by atoms with Crippen molar-refractivity contribution in [2.45, 2.75) is 13.0 Å². The lowest BCUT2D eigenvalue weighted by Gasteiger charge is -2.09. The van der Waals surface area contributed by atoms with Gasteiger partial charge in [0.15, 0.2) is 5.82 Å². The number of nitrogens with one attached hydrogen (secondary N) is 1. The van der Waals surface area contributed by atoms with Gasteiger partial charge in [-0.05, 0) is 24.1 Å². The molecule has 2 aromatic rings. The summed E-state index contributed by atoms with van der Waals surface area (Å²) < 4.78 is 0.946. The summed E-state index contributed by atoms with van der Waals surface area (Å²) in [6.07, 6.45) is 1.91. The molecule has 0 saturated carbocycles. The zero-order valence-corrected chi connectivity index (χ0v) is 12.9. The Hall–Kier alpha value is -2.05. The van der Waals surface area contributed by atoms with Crippen LogP contribution in [0, 0.1) is 0 Å². The Morgan fingerprint density at radius 2 is 1.95 bits per heavy atom. The van der Waals surface area contributed by atoms with Crippen LogP contribution in [-0.2, 0) is 17.8 Å². The minimum absolute atomic E-state index is 0.0179. The summed E-state index contributed by atoms with van der Waals surface area (Å²) in [5.74, 6) is -1.08. The van der Waals surface area contributed by atoms with Crippen LogP contribution >= 0.6 is 23.2 Å². The van der Waals surface area contributed by atoms with E-state index in [0.29, 0.717) is 18.0 Å². The number of rotatable bonds is 6. The van der Waals surface area contributed by atoms with E-state index < -0.39 is 18.1 Å². The van der Waals surface area contributed by atoms with E-state index >= 15 is 0 Å². The van der Waals surface area contributed by atoms with Gasteiger partial charge in [0.05, 0.1) is 6.20 Å². The van der Waals surface area contributed by atoms with E-state index in [1.165, 1.54) is 6.20 Å². The first kappa shape index (κ1) is 16.3. The topological polar surface area (TPSA) is 84.2 Å². The highest BCUT2D eigenvalue weighted by molar-refractivity contribution is 6.30. The quantitative estimate of drug-likeness (QED) is 0.841. The number of benzene rings is 1. The van der Waals surface area contributed by atoms with Crippen LogP contribution in [-0.4, -0.2) is 27.2 Å². The van der Waals surface area contributed by atoms with Crippen LogP contribution in [0.25, 0.3) is 0 Å². The average Bonchev–Trinajstić information content (AvgIpc) is 2.47. The maximum atomic E-state index is 12.1. The first-order chi connectivity index (χ1) is 10.5. The van der Waals surface area contributed by atoms with Crippen LogP contribution in [0.2, 0.25) is 10.2 Å². The molecular formula is C14H13Cl2N3O3. The molecule has 1 aromatic carbocycles. The molecule has 116 valence electrons. The maximum Gasteiger partial charge on any atom is 0.323 e. The number of aliphatic carboxylic acids is 1. The van der Waals surface area contributed by atoms with E-state index in [2.05, 4.69) is 10.3 Å². The number of anilines is 1. The van der Waals surface area contributed by atoms with Gasteiger partial charge in [-0.1, -0.05) is 35.3 Å². The molecule has 0 fully saturated rings. The highest BCUT2D eigenvalue weighted by Gasteiger charge is 2.11. The number of hydrogen-bond donors (Lipinski definition) is 2. The molecule has 0 amide bonds. The average molecular weight is 342 g/mol. The molecule has 0 aliphatic heterocycles. The first-order valence-corrected chi connectivity index (χ1v) is 7.18. The van der Waals surface area contributed by atoms with Gasteiger partial charge in [0, 0.05) is 11.6 Å². The van der Waals surface area contributed by atoms with Gasteiger partial charge in [-0.3, -0.25) is 14.2 Å². The summed E-state index contributed by atoms with van der Waals surface area (Å²) in [5.41, 5.74) is 0.489. The maximum absolute atomic E-state index is 12.1. The van der Waals surface area contributed by atoms with E-state index in [1.54, 1.807) is 12.1 Å². The number of aromatic nitrogens is 2. The third-order valence-electron chi connectivity index (χ3n) is 2.92. The van der Waals surface area contributed by atoms with Crippen LogP contribution in [0.5, 0.6) is 0 Å². The summed E-state index contributed by atoms with van der Waals surface area (Å²) in [5, 5.41) is 12.3. The van der Waals surface area contributed by atoms with Crippen molar-refractivity contribution >= 4 is 35.0 Å². The molecule has 2 rings (SSSR count). The van der Waals surface area contributed by atoms with Crippen LogP contribution in [0.3, 0.4) is 0 Å². The highest BCUT2D eigenvalue weighted by atomic mass is 35.5. The van der Waals surface area contributed by atoms with Gasteiger partial charge in [0.2, 0.25) is 0 Å². The fourth-order valence-corrected chi connectivity index (χ4v) is 2.16. The third-order valence-corrected chi connectivity index (χ3v) is 3.47. The second-order valence-electron chi connectivity index (χ2n) is 4.52. The fraction of sp³-hybridized carbons (Fsp3) is 0.214. The van der Waals surface area contributed by atoms with Crippen molar-refractivity contribution in [1.29, 1.82) is 0 Å². The molecular weight excluding hydrogens is 329 g/mol. The van der Waals surface area contributed by atoms with Crippen molar-refractivity contribution in [3.05, 3.63) is 56.6 Å². The summed E-state index contributed by atoms with van der Waals surface area (Å²) >= 11 is 11.6. The number of nitrogens with zero attached hydrogens (tertiary/aromatic N) is 2. The molecule has 0 saturated heterocycles. The number of hydrogen-bond acceptors (Lipinski definition) is 4. The smallest absolute Gasteiger partial charge is 0.323 e. The Balaban J connectivity index is 2.05. The van der Waals surface area contributed by atoms with Gasteiger partial charge in [-0.15, -0.1) is 0 Å². The van der Waals surface area contributed by atoms with Crippen molar-refractivity contribution in [1.82, 2.24) is 9.55 Å². The standard InChI is InChI=1S/C14H13Cl2N3O3/c15-10-3-1-9(2-4-10)5-6-17-13-14(22)19(8-12(20)21)11(16)7-18-13/h1-4,7H,5-6,8H2,(H,17,18)(H,20,21). The van der Waals surface area contributed by atoms with Crippen molar-refractivity contribution < 1.29 is 9.90 Å². The zero-order chi connectivity index (χ0) is 16.1. The van der Waals surface area contributed by atoms with Crippen molar-refractivity contribution in [2.24, 2.45) is 0 Å². The third kappa shape index (κ3) is 4.22. The molecule has 1 heterocycles. The lowest BCUT2D eigenvalue weighted by atomic mass is 10.1. The summed E-state index contributed by atoms with van der Waals surface area (Å²) in [6.45, 7) is -0.0371. The van der Waals surface area contributed by atoms with Crippen molar-refractivity contribution in [3.63, 3.8) is 0 Å². The monoisotopic (exact) mass is 341 g/mol. The largest absolute Gasteiger partial charge is 0.480 e. The molecule has 0 aliphatic carbocycles. The van der Waals surface area contributed by atoms with Crippen LogP contribution in [0.4, 0.5) is 5.82 Å². The van der Waals surface area contributed by atoms with Gasteiger partial charge in [-0.2, -0.15) is 0 Å². The van der Waals surface area contributed by atoms with Gasteiger partial charge < -0.3 is 10.4 Å². The summed E-state index contributed by atoms with van der Waals surface area (Å²) in [4.78, 5) is 26.7. The molecule has 0 spiro atoms.